The average Bonchev–Trinajstić information content (AvgIpc) is 2.86. The Morgan fingerprint density at radius 3 is 2.55 bits per heavy atom. The Hall–Kier alpha value is -2.51. The Labute approximate surface area is 110 Å². The summed E-state index contributed by atoms with van der Waals surface area (Å²) in [5, 5.41) is 11.9. The van der Waals surface area contributed by atoms with E-state index >= 15 is 0 Å². The molecule has 8 heteroatoms. The summed E-state index contributed by atoms with van der Waals surface area (Å²) in [6, 6.07) is 4.30. The topological polar surface area (TPSA) is 72.6 Å². The first-order valence-electron chi connectivity index (χ1n) is 5.28. The number of methoxy groups -OCH3 is 1. The van der Waals surface area contributed by atoms with E-state index in [2.05, 4.69) is 9.89 Å². The van der Waals surface area contributed by atoms with E-state index < -0.39 is 17.7 Å². The number of alkyl halides is 3. The van der Waals surface area contributed by atoms with Crippen LogP contribution < -0.4 is 4.74 Å². The van der Waals surface area contributed by atoms with Crippen LogP contribution >= 0.6 is 0 Å². The molecule has 0 aliphatic rings. The first-order valence-corrected chi connectivity index (χ1v) is 5.28. The second-order valence-electron chi connectivity index (χ2n) is 3.79. The van der Waals surface area contributed by atoms with Gasteiger partial charge in [0.25, 0.3) is 0 Å². The van der Waals surface area contributed by atoms with Gasteiger partial charge in [0, 0.05) is 11.6 Å². The van der Waals surface area contributed by atoms with E-state index in [1.54, 1.807) is 0 Å². The zero-order chi connectivity index (χ0) is 14.9. The first-order chi connectivity index (χ1) is 9.32. The third-order valence-corrected chi connectivity index (χ3v) is 2.52. The molecule has 1 aromatic carbocycles. The van der Waals surface area contributed by atoms with E-state index in [0.29, 0.717) is 0 Å². The number of nitrogens with zero attached hydrogens (tertiary/aromatic N) is 1. The summed E-state index contributed by atoms with van der Waals surface area (Å²) in [7, 11) is 1.13. The molecule has 0 unspecified atom stereocenters. The van der Waals surface area contributed by atoms with Crippen molar-refractivity contribution < 1.29 is 32.3 Å². The number of halogens is 3. The van der Waals surface area contributed by atoms with E-state index in [0.717, 1.165) is 25.3 Å². The summed E-state index contributed by atoms with van der Waals surface area (Å²) < 4.78 is 47.9. The van der Waals surface area contributed by atoms with Crippen LogP contribution in [0.25, 0.3) is 11.3 Å². The Balaban J connectivity index is 2.50. The normalized spacial score (nSPS) is 11.4. The molecule has 0 spiro atoms. The molecular formula is C12H8F3NO4. The van der Waals surface area contributed by atoms with Gasteiger partial charge in [-0.3, -0.25) is 0 Å². The molecule has 20 heavy (non-hydrogen) atoms. The van der Waals surface area contributed by atoms with Gasteiger partial charge in [-0.1, -0.05) is 5.16 Å². The predicted molar refractivity (Wildman–Crippen MR) is 60.5 cm³/mol. The molecule has 0 aliphatic heterocycles. The molecule has 0 atom stereocenters. The minimum Gasteiger partial charge on any atom is -0.496 e. The zero-order valence-corrected chi connectivity index (χ0v) is 10.1. The highest BCUT2D eigenvalue weighted by atomic mass is 19.4. The number of benzene rings is 1. The van der Waals surface area contributed by atoms with Gasteiger partial charge in [0.15, 0.2) is 11.5 Å². The summed E-state index contributed by atoms with van der Waals surface area (Å²) in [6.07, 6.45) is -4.60. The smallest absolute Gasteiger partial charge is 0.419 e. The molecule has 0 saturated carbocycles. The molecule has 5 nitrogen and oxygen atoms in total. The maximum Gasteiger partial charge on any atom is 0.419 e. The van der Waals surface area contributed by atoms with Crippen LogP contribution in [0.15, 0.2) is 28.8 Å². The molecule has 0 saturated heterocycles. The summed E-state index contributed by atoms with van der Waals surface area (Å²) in [5.41, 5.74) is -1.31. The quantitative estimate of drug-likeness (QED) is 0.939. The molecule has 2 rings (SSSR count). The fourth-order valence-electron chi connectivity index (χ4n) is 1.59. The molecule has 0 amide bonds. The molecule has 0 aliphatic carbocycles. The third kappa shape index (κ3) is 2.58. The monoisotopic (exact) mass is 287 g/mol. The highest BCUT2D eigenvalue weighted by Gasteiger charge is 2.34. The van der Waals surface area contributed by atoms with Gasteiger partial charge in [-0.2, -0.15) is 13.2 Å². The van der Waals surface area contributed by atoms with E-state index in [9.17, 15) is 18.0 Å². The minimum absolute atomic E-state index is 0.0538. The maximum atomic E-state index is 12.8. The van der Waals surface area contributed by atoms with E-state index in [-0.39, 0.29) is 22.8 Å². The fraction of sp³-hybridized carbons (Fsp3) is 0.167. The molecule has 0 fully saturated rings. The van der Waals surface area contributed by atoms with Crippen molar-refractivity contribution in [2.45, 2.75) is 6.18 Å². The lowest BCUT2D eigenvalue weighted by molar-refractivity contribution is -0.138. The van der Waals surface area contributed by atoms with Crippen molar-refractivity contribution in [3.05, 3.63) is 35.5 Å². The highest BCUT2D eigenvalue weighted by molar-refractivity contribution is 5.86. The van der Waals surface area contributed by atoms with Gasteiger partial charge < -0.3 is 14.4 Å². The van der Waals surface area contributed by atoms with Gasteiger partial charge in [0.2, 0.25) is 0 Å². The standard InChI is InChI=1S/C12H8F3NO4/c1-19-9-3-2-6(4-7(9)12(13,14)15)10-5-8(11(17)18)16-20-10/h2-5H,1H3,(H,17,18). The van der Waals surface area contributed by atoms with Crippen molar-refractivity contribution >= 4 is 5.97 Å². The van der Waals surface area contributed by atoms with Gasteiger partial charge >= 0.3 is 12.1 Å². The Morgan fingerprint density at radius 2 is 2.05 bits per heavy atom. The van der Waals surface area contributed by atoms with Gasteiger partial charge in [0.1, 0.15) is 5.75 Å². The molecule has 0 radical (unpaired) electrons. The van der Waals surface area contributed by atoms with E-state index in [1.807, 2.05) is 0 Å². The second kappa shape index (κ2) is 4.87. The summed E-state index contributed by atoms with van der Waals surface area (Å²) in [4.78, 5) is 10.6. The van der Waals surface area contributed by atoms with Crippen LogP contribution in [0, 0.1) is 0 Å². The largest absolute Gasteiger partial charge is 0.496 e. The van der Waals surface area contributed by atoms with E-state index in [1.165, 1.54) is 6.07 Å². The highest BCUT2D eigenvalue weighted by Crippen LogP contribution is 2.38. The number of rotatable bonds is 3. The van der Waals surface area contributed by atoms with Crippen molar-refractivity contribution in [2.24, 2.45) is 0 Å². The number of hydrogen-bond acceptors (Lipinski definition) is 4. The van der Waals surface area contributed by atoms with Gasteiger partial charge in [-0.25, -0.2) is 4.79 Å². The lowest BCUT2D eigenvalue weighted by atomic mass is 10.1. The SMILES string of the molecule is COc1ccc(-c2cc(C(=O)O)no2)cc1C(F)(F)F. The van der Waals surface area contributed by atoms with Crippen LogP contribution in [0.2, 0.25) is 0 Å². The molecule has 0 bridgehead atoms. The molecule has 1 N–H and O–H groups in total. The first kappa shape index (κ1) is 13.9. The van der Waals surface area contributed by atoms with Crippen molar-refractivity contribution in [1.82, 2.24) is 5.16 Å². The van der Waals surface area contributed by atoms with Crippen LogP contribution in [-0.4, -0.2) is 23.3 Å². The van der Waals surface area contributed by atoms with Gasteiger partial charge in [-0.15, -0.1) is 0 Å². The van der Waals surface area contributed by atoms with Crippen molar-refractivity contribution in [3.8, 4) is 17.1 Å². The van der Waals surface area contributed by atoms with Crippen LogP contribution in [-0.2, 0) is 6.18 Å². The molecule has 1 heterocycles. The molecule has 2 aromatic rings. The number of carbonyl (C=O) groups is 1. The third-order valence-electron chi connectivity index (χ3n) is 2.52. The van der Waals surface area contributed by atoms with Gasteiger partial charge in [-0.05, 0) is 18.2 Å². The summed E-state index contributed by atoms with van der Waals surface area (Å²) in [6.45, 7) is 0. The average molecular weight is 287 g/mol. The Bertz CT molecular complexity index is 648. The fourth-order valence-corrected chi connectivity index (χ4v) is 1.59. The van der Waals surface area contributed by atoms with Gasteiger partial charge in [0.05, 0.1) is 12.7 Å². The maximum absolute atomic E-state index is 12.8. The van der Waals surface area contributed by atoms with Crippen LogP contribution in [0.3, 0.4) is 0 Å². The number of aromatic carboxylic acids is 1. The Kier molecular flexibility index (Phi) is 3.39. The molecule has 106 valence electrons. The van der Waals surface area contributed by atoms with Crippen LogP contribution in [0.1, 0.15) is 16.1 Å². The summed E-state index contributed by atoms with van der Waals surface area (Å²) >= 11 is 0. The number of aromatic nitrogens is 1. The summed E-state index contributed by atoms with van der Waals surface area (Å²) in [5.74, 6) is -1.74. The lowest BCUT2D eigenvalue weighted by Crippen LogP contribution is -2.07. The number of carboxylic acids is 1. The number of hydrogen-bond donors (Lipinski definition) is 1. The lowest BCUT2D eigenvalue weighted by Gasteiger charge is -2.12. The molecular weight excluding hydrogens is 279 g/mol. The van der Waals surface area contributed by atoms with Crippen LogP contribution in [0.4, 0.5) is 13.2 Å². The number of ether oxygens (including phenoxy) is 1. The van der Waals surface area contributed by atoms with Crippen LogP contribution in [0.5, 0.6) is 5.75 Å². The van der Waals surface area contributed by atoms with Crippen molar-refractivity contribution in [3.63, 3.8) is 0 Å². The number of carboxylic acid groups (broad SMARTS) is 1. The second-order valence-corrected chi connectivity index (χ2v) is 3.79. The van der Waals surface area contributed by atoms with E-state index in [4.69, 9.17) is 9.63 Å². The Morgan fingerprint density at radius 1 is 1.35 bits per heavy atom. The zero-order valence-electron chi connectivity index (χ0n) is 10.1. The van der Waals surface area contributed by atoms with Crippen molar-refractivity contribution in [1.29, 1.82) is 0 Å². The molecule has 1 aromatic heterocycles. The van der Waals surface area contributed by atoms with Crippen molar-refractivity contribution in [2.75, 3.05) is 7.11 Å². The predicted octanol–water partition coefficient (Wildman–Crippen LogP) is 3.07. The minimum atomic E-state index is -4.60.